The summed E-state index contributed by atoms with van der Waals surface area (Å²) in [6.45, 7) is 2.25. The van der Waals surface area contributed by atoms with Gasteiger partial charge in [0.2, 0.25) is 11.8 Å². The second kappa shape index (κ2) is 8.29. The number of hydrogen-bond acceptors (Lipinski definition) is 3. The zero-order chi connectivity index (χ0) is 21.3. The lowest BCUT2D eigenvalue weighted by Crippen LogP contribution is -2.73. The van der Waals surface area contributed by atoms with Crippen molar-refractivity contribution < 1.29 is 19.1 Å². The standard InChI is InChI=1S/C24H23FN2O3/c1-2-22(29)26-13-20-24(21(15-28)27(20)23(30)14-26)18-10-8-16(9-11-18)6-7-17-4-3-5-19(25)12-17/h3-5,8-12,20-21,24,28H,2,13-15H2,1H3/t20-,21-,24-/m0/s1. The number of carbonyl (C=O) groups excluding carboxylic acids is 2. The average Bonchev–Trinajstić information content (AvgIpc) is 2.74. The minimum atomic E-state index is -0.320. The molecule has 3 atom stereocenters. The van der Waals surface area contributed by atoms with Gasteiger partial charge in [-0.3, -0.25) is 9.59 Å². The van der Waals surface area contributed by atoms with Gasteiger partial charge in [-0.15, -0.1) is 0 Å². The van der Waals surface area contributed by atoms with Crippen molar-refractivity contribution >= 4 is 11.8 Å². The molecule has 2 heterocycles. The van der Waals surface area contributed by atoms with Crippen molar-refractivity contribution in [2.24, 2.45) is 0 Å². The molecule has 0 bridgehead atoms. The molecule has 0 unspecified atom stereocenters. The van der Waals surface area contributed by atoms with E-state index in [9.17, 15) is 19.1 Å². The quantitative estimate of drug-likeness (QED) is 0.795. The van der Waals surface area contributed by atoms with Gasteiger partial charge in [0, 0.05) is 30.0 Å². The molecule has 0 saturated carbocycles. The fourth-order valence-corrected chi connectivity index (χ4v) is 4.41. The predicted octanol–water partition coefficient (Wildman–Crippen LogP) is 2.13. The lowest BCUT2D eigenvalue weighted by molar-refractivity contribution is -0.166. The summed E-state index contributed by atoms with van der Waals surface area (Å²) in [5.41, 5.74) is 2.41. The third-order valence-electron chi connectivity index (χ3n) is 5.88. The number of benzene rings is 2. The monoisotopic (exact) mass is 406 g/mol. The SMILES string of the molecule is CCC(=O)N1CC(=O)N2[C@@H](CO)[C@@H](c3ccc(C#Cc4cccc(F)c4)cc3)[C@@H]2C1. The van der Waals surface area contributed by atoms with Crippen molar-refractivity contribution in [1.29, 1.82) is 0 Å². The minimum absolute atomic E-state index is 0.0304. The molecule has 2 aliphatic rings. The normalized spacial score (nSPS) is 22.6. The molecule has 2 saturated heterocycles. The van der Waals surface area contributed by atoms with E-state index in [1.165, 1.54) is 12.1 Å². The average molecular weight is 406 g/mol. The van der Waals surface area contributed by atoms with Crippen LogP contribution < -0.4 is 0 Å². The van der Waals surface area contributed by atoms with Gasteiger partial charge < -0.3 is 14.9 Å². The molecule has 30 heavy (non-hydrogen) atoms. The number of amides is 2. The third-order valence-corrected chi connectivity index (χ3v) is 5.88. The van der Waals surface area contributed by atoms with Gasteiger partial charge in [0.15, 0.2) is 0 Å². The van der Waals surface area contributed by atoms with Crippen LogP contribution in [0, 0.1) is 17.7 Å². The number of aliphatic hydroxyl groups is 1. The molecule has 2 aromatic rings. The fraction of sp³-hybridized carbons (Fsp3) is 0.333. The van der Waals surface area contributed by atoms with Crippen LogP contribution in [-0.2, 0) is 9.59 Å². The van der Waals surface area contributed by atoms with Crippen LogP contribution in [0.4, 0.5) is 4.39 Å². The van der Waals surface area contributed by atoms with Crippen molar-refractivity contribution in [2.45, 2.75) is 31.3 Å². The van der Waals surface area contributed by atoms with Crippen LogP contribution >= 0.6 is 0 Å². The topological polar surface area (TPSA) is 60.9 Å². The Kier molecular flexibility index (Phi) is 5.56. The van der Waals surface area contributed by atoms with Gasteiger partial charge in [-0.25, -0.2) is 4.39 Å². The van der Waals surface area contributed by atoms with Gasteiger partial charge in [-0.05, 0) is 35.9 Å². The molecule has 0 aliphatic carbocycles. The van der Waals surface area contributed by atoms with E-state index in [1.54, 1.807) is 28.9 Å². The Hall–Kier alpha value is -3.17. The summed E-state index contributed by atoms with van der Waals surface area (Å²) in [6.07, 6.45) is 0.368. The summed E-state index contributed by atoms with van der Waals surface area (Å²) in [5, 5.41) is 9.86. The maximum Gasteiger partial charge on any atom is 0.242 e. The molecule has 2 aliphatic heterocycles. The van der Waals surface area contributed by atoms with E-state index in [4.69, 9.17) is 0 Å². The molecule has 1 N–H and O–H groups in total. The first kappa shape index (κ1) is 20.1. The zero-order valence-electron chi connectivity index (χ0n) is 16.7. The molecule has 0 radical (unpaired) electrons. The summed E-state index contributed by atoms with van der Waals surface area (Å²) in [6, 6.07) is 13.4. The molecule has 2 aromatic carbocycles. The second-order valence-corrected chi connectivity index (χ2v) is 7.65. The number of nitrogens with zero attached hydrogens (tertiary/aromatic N) is 2. The molecule has 2 amide bonds. The highest BCUT2D eigenvalue weighted by Crippen LogP contribution is 2.42. The van der Waals surface area contributed by atoms with E-state index in [2.05, 4.69) is 11.8 Å². The number of carbonyl (C=O) groups is 2. The molecule has 0 aromatic heterocycles. The van der Waals surface area contributed by atoms with Gasteiger partial charge in [0.05, 0.1) is 25.2 Å². The molecular weight excluding hydrogens is 383 g/mol. The van der Waals surface area contributed by atoms with E-state index < -0.39 is 0 Å². The largest absolute Gasteiger partial charge is 0.394 e. The van der Waals surface area contributed by atoms with Crippen molar-refractivity contribution in [3.05, 3.63) is 71.0 Å². The maximum atomic E-state index is 13.3. The number of hydrogen-bond donors (Lipinski definition) is 1. The van der Waals surface area contributed by atoms with Crippen LogP contribution in [-0.4, -0.2) is 58.5 Å². The third kappa shape index (κ3) is 3.69. The number of rotatable bonds is 3. The van der Waals surface area contributed by atoms with Gasteiger partial charge >= 0.3 is 0 Å². The Morgan fingerprint density at radius 2 is 1.90 bits per heavy atom. The molecule has 0 spiro atoms. The summed E-state index contributed by atoms with van der Waals surface area (Å²) >= 11 is 0. The Labute approximate surface area is 175 Å². The predicted molar refractivity (Wildman–Crippen MR) is 110 cm³/mol. The summed E-state index contributed by atoms with van der Waals surface area (Å²) < 4.78 is 13.3. The van der Waals surface area contributed by atoms with Gasteiger partial charge in [-0.2, -0.15) is 0 Å². The Balaban J connectivity index is 1.53. The fourth-order valence-electron chi connectivity index (χ4n) is 4.41. The molecule has 154 valence electrons. The highest BCUT2D eigenvalue weighted by Gasteiger charge is 2.54. The zero-order valence-corrected chi connectivity index (χ0v) is 16.7. The molecular formula is C24H23FN2O3. The van der Waals surface area contributed by atoms with Crippen molar-refractivity contribution in [1.82, 2.24) is 9.80 Å². The van der Waals surface area contributed by atoms with Crippen LogP contribution in [0.5, 0.6) is 0 Å². The highest BCUT2D eigenvalue weighted by molar-refractivity contribution is 5.87. The first-order valence-electron chi connectivity index (χ1n) is 10.1. The highest BCUT2D eigenvalue weighted by atomic mass is 19.1. The van der Waals surface area contributed by atoms with Crippen LogP contribution in [0.3, 0.4) is 0 Å². The van der Waals surface area contributed by atoms with Crippen molar-refractivity contribution in [3.63, 3.8) is 0 Å². The van der Waals surface area contributed by atoms with E-state index >= 15 is 0 Å². The first-order chi connectivity index (χ1) is 14.5. The molecule has 2 fully saturated rings. The molecule has 4 rings (SSSR count). The van der Waals surface area contributed by atoms with Gasteiger partial charge in [-0.1, -0.05) is 37.0 Å². The first-order valence-corrected chi connectivity index (χ1v) is 10.1. The Morgan fingerprint density at radius 1 is 1.17 bits per heavy atom. The minimum Gasteiger partial charge on any atom is -0.394 e. The number of aliphatic hydroxyl groups excluding tert-OH is 1. The Morgan fingerprint density at radius 3 is 2.57 bits per heavy atom. The van der Waals surface area contributed by atoms with E-state index in [-0.39, 0.29) is 48.8 Å². The summed E-state index contributed by atoms with van der Waals surface area (Å²) in [5.74, 6) is 5.48. The number of piperazine rings is 1. The number of halogens is 1. The smallest absolute Gasteiger partial charge is 0.242 e. The van der Waals surface area contributed by atoms with E-state index in [1.807, 2.05) is 24.3 Å². The van der Waals surface area contributed by atoms with Gasteiger partial charge in [0.25, 0.3) is 0 Å². The maximum absolute atomic E-state index is 13.3. The lowest BCUT2D eigenvalue weighted by atomic mass is 9.73. The van der Waals surface area contributed by atoms with Crippen molar-refractivity contribution in [3.8, 4) is 11.8 Å². The van der Waals surface area contributed by atoms with Gasteiger partial charge in [0.1, 0.15) is 5.82 Å². The van der Waals surface area contributed by atoms with Crippen LogP contribution in [0.2, 0.25) is 0 Å². The molecule has 5 nitrogen and oxygen atoms in total. The Bertz CT molecular complexity index is 1020. The van der Waals surface area contributed by atoms with Crippen molar-refractivity contribution in [2.75, 3.05) is 19.7 Å². The van der Waals surface area contributed by atoms with E-state index in [0.717, 1.165) is 11.1 Å². The summed E-state index contributed by atoms with van der Waals surface area (Å²) in [4.78, 5) is 27.9. The molecule has 6 heteroatoms. The van der Waals surface area contributed by atoms with Crippen LogP contribution in [0.1, 0.15) is 36.0 Å². The summed E-state index contributed by atoms with van der Waals surface area (Å²) in [7, 11) is 0. The number of fused-ring (bicyclic) bond motifs is 1. The second-order valence-electron chi connectivity index (χ2n) is 7.65. The van der Waals surface area contributed by atoms with Crippen LogP contribution in [0.15, 0.2) is 48.5 Å². The van der Waals surface area contributed by atoms with E-state index in [0.29, 0.717) is 18.5 Å². The lowest BCUT2D eigenvalue weighted by Gasteiger charge is -2.58. The van der Waals surface area contributed by atoms with Crippen LogP contribution in [0.25, 0.3) is 0 Å².